The van der Waals surface area contributed by atoms with Crippen molar-refractivity contribution >= 4 is 11.9 Å². The van der Waals surface area contributed by atoms with Crippen LogP contribution < -0.4 is 0 Å². The van der Waals surface area contributed by atoms with Crippen LogP contribution in [0.15, 0.2) is 12.4 Å². The molecule has 2 N–H and O–H groups in total. The molecule has 6 nitrogen and oxygen atoms in total. The zero-order chi connectivity index (χ0) is 12.3. The molecule has 88 valence electrons. The van der Waals surface area contributed by atoms with Gasteiger partial charge in [0.1, 0.15) is 11.4 Å². The second-order valence-corrected chi connectivity index (χ2v) is 4.28. The van der Waals surface area contributed by atoms with Gasteiger partial charge in [-0.3, -0.25) is 9.59 Å². The van der Waals surface area contributed by atoms with Crippen molar-refractivity contribution in [3.63, 3.8) is 0 Å². The molecule has 1 heterocycles. The van der Waals surface area contributed by atoms with Gasteiger partial charge in [-0.1, -0.05) is 0 Å². The number of aromatic nitrogens is 2. The lowest BCUT2D eigenvalue weighted by atomic mass is 10.1. The number of H-pyrrole nitrogens is 1. The standard InChI is InChI=1S/C10H14N2O4/c1-10(2,3)16-9(15)6(8(13)14)7-11-4-5-12-7/h4-6H,1-3H3,(H,11,12)(H,13,14). The van der Waals surface area contributed by atoms with Gasteiger partial charge in [-0.15, -0.1) is 0 Å². The van der Waals surface area contributed by atoms with Crippen LogP contribution in [0.3, 0.4) is 0 Å². The van der Waals surface area contributed by atoms with Crippen molar-refractivity contribution in [3.8, 4) is 0 Å². The molecule has 0 fully saturated rings. The quantitative estimate of drug-likeness (QED) is 0.590. The molecule has 0 aliphatic heterocycles. The second-order valence-electron chi connectivity index (χ2n) is 4.28. The van der Waals surface area contributed by atoms with E-state index < -0.39 is 23.5 Å². The molecule has 1 rings (SSSR count). The highest BCUT2D eigenvalue weighted by molar-refractivity contribution is 5.99. The number of aliphatic carboxylic acids is 1. The molecule has 1 aromatic heterocycles. The Morgan fingerprint density at radius 3 is 2.50 bits per heavy atom. The van der Waals surface area contributed by atoms with E-state index in [1.807, 2.05) is 0 Å². The van der Waals surface area contributed by atoms with E-state index in [-0.39, 0.29) is 5.82 Å². The van der Waals surface area contributed by atoms with Crippen molar-refractivity contribution in [1.82, 2.24) is 9.97 Å². The molecule has 0 saturated heterocycles. The Hall–Kier alpha value is -1.85. The smallest absolute Gasteiger partial charge is 0.328 e. The minimum Gasteiger partial charge on any atom is -0.480 e. The van der Waals surface area contributed by atoms with E-state index >= 15 is 0 Å². The van der Waals surface area contributed by atoms with Crippen LogP contribution in [0.4, 0.5) is 0 Å². The molecule has 0 bridgehead atoms. The first kappa shape index (κ1) is 12.2. The summed E-state index contributed by atoms with van der Waals surface area (Å²) in [6, 6.07) is 0. The minimum absolute atomic E-state index is 0.0711. The number of carboxylic acid groups (broad SMARTS) is 1. The third-order valence-electron chi connectivity index (χ3n) is 1.68. The lowest BCUT2D eigenvalue weighted by Crippen LogP contribution is -2.31. The molecule has 0 aliphatic carbocycles. The van der Waals surface area contributed by atoms with Crippen molar-refractivity contribution in [2.45, 2.75) is 32.3 Å². The van der Waals surface area contributed by atoms with Crippen molar-refractivity contribution in [1.29, 1.82) is 0 Å². The summed E-state index contributed by atoms with van der Waals surface area (Å²) in [5, 5.41) is 8.95. The van der Waals surface area contributed by atoms with Gasteiger partial charge in [-0.05, 0) is 20.8 Å². The number of esters is 1. The molecule has 16 heavy (non-hydrogen) atoms. The Bertz CT molecular complexity index is 378. The third kappa shape index (κ3) is 3.08. The van der Waals surface area contributed by atoms with Crippen LogP contribution in [0.25, 0.3) is 0 Å². The largest absolute Gasteiger partial charge is 0.480 e. The van der Waals surface area contributed by atoms with Gasteiger partial charge in [0.05, 0.1) is 0 Å². The molecule has 6 heteroatoms. The van der Waals surface area contributed by atoms with E-state index in [1.165, 1.54) is 12.4 Å². The lowest BCUT2D eigenvalue weighted by molar-refractivity contribution is -0.162. The number of carbonyl (C=O) groups is 2. The summed E-state index contributed by atoms with van der Waals surface area (Å²) in [7, 11) is 0. The zero-order valence-corrected chi connectivity index (χ0v) is 9.35. The maximum Gasteiger partial charge on any atom is 0.328 e. The molecule has 0 spiro atoms. The maximum absolute atomic E-state index is 11.6. The molecule has 0 amide bonds. The summed E-state index contributed by atoms with van der Waals surface area (Å²) < 4.78 is 5.01. The summed E-state index contributed by atoms with van der Waals surface area (Å²) in [5.41, 5.74) is -0.725. The van der Waals surface area contributed by atoms with Gasteiger partial charge in [-0.2, -0.15) is 0 Å². The molecule has 1 atom stereocenters. The van der Waals surface area contributed by atoms with Gasteiger partial charge >= 0.3 is 11.9 Å². The zero-order valence-electron chi connectivity index (χ0n) is 9.35. The lowest BCUT2D eigenvalue weighted by Gasteiger charge is -2.21. The summed E-state index contributed by atoms with van der Waals surface area (Å²) >= 11 is 0. The summed E-state index contributed by atoms with van der Waals surface area (Å²) in [5.74, 6) is -3.45. The second kappa shape index (κ2) is 4.34. The van der Waals surface area contributed by atoms with Gasteiger partial charge in [0.15, 0.2) is 0 Å². The van der Waals surface area contributed by atoms with Crippen molar-refractivity contribution in [2.75, 3.05) is 0 Å². The van der Waals surface area contributed by atoms with E-state index in [2.05, 4.69) is 9.97 Å². The fraction of sp³-hybridized carbons (Fsp3) is 0.500. The Morgan fingerprint density at radius 1 is 1.50 bits per heavy atom. The van der Waals surface area contributed by atoms with Crippen LogP contribution in [0, 0.1) is 0 Å². The predicted octanol–water partition coefficient (Wildman–Crippen LogP) is 0.920. The predicted molar refractivity (Wildman–Crippen MR) is 54.8 cm³/mol. The number of nitrogens with zero attached hydrogens (tertiary/aromatic N) is 1. The van der Waals surface area contributed by atoms with E-state index in [1.54, 1.807) is 20.8 Å². The number of rotatable bonds is 3. The highest BCUT2D eigenvalue weighted by Gasteiger charge is 2.34. The van der Waals surface area contributed by atoms with Gasteiger partial charge in [0, 0.05) is 12.4 Å². The normalized spacial score (nSPS) is 13.2. The Labute approximate surface area is 92.6 Å². The van der Waals surface area contributed by atoms with Crippen LogP contribution in [0.2, 0.25) is 0 Å². The first-order valence-electron chi connectivity index (χ1n) is 4.76. The molecular weight excluding hydrogens is 212 g/mol. The Kier molecular flexibility index (Phi) is 3.31. The fourth-order valence-corrected chi connectivity index (χ4v) is 1.13. The summed E-state index contributed by atoms with van der Waals surface area (Å²) in [6.07, 6.45) is 2.84. The summed E-state index contributed by atoms with van der Waals surface area (Å²) in [6.45, 7) is 5.02. The number of ether oxygens (including phenoxy) is 1. The first-order valence-corrected chi connectivity index (χ1v) is 4.76. The topological polar surface area (TPSA) is 92.3 Å². The van der Waals surface area contributed by atoms with Crippen LogP contribution in [0.5, 0.6) is 0 Å². The molecule has 1 aromatic rings. The number of nitrogens with one attached hydrogen (secondary N) is 1. The van der Waals surface area contributed by atoms with Crippen LogP contribution >= 0.6 is 0 Å². The maximum atomic E-state index is 11.6. The molecule has 0 aliphatic rings. The molecule has 0 saturated carbocycles. The monoisotopic (exact) mass is 226 g/mol. The summed E-state index contributed by atoms with van der Waals surface area (Å²) in [4.78, 5) is 28.9. The Morgan fingerprint density at radius 2 is 2.12 bits per heavy atom. The van der Waals surface area contributed by atoms with Gasteiger partial charge in [-0.25, -0.2) is 4.98 Å². The number of carbonyl (C=O) groups excluding carboxylic acids is 1. The van der Waals surface area contributed by atoms with Crippen LogP contribution in [-0.2, 0) is 14.3 Å². The highest BCUT2D eigenvalue weighted by Crippen LogP contribution is 2.18. The van der Waals surface area contributed by atoms with Crippen LogP contribution in [0.1, 0.15) is 32.5 Å². The number of aromatic amines is 1. The Balaban J connectivity index is 2.88. The van der Waals surface area contributed by atoms with Gasteiger partial charge in [0.2, 0.25) is 5.92 Å². The SMILES string of the molecule is CC(C)(C)OC(=O)C(C(=O)O)c1ncc[nH]1. The van der Waals surface area contributed by atoms with Gasteiger partial charge < -0.3 is 14.8 Å². The van der Waals surface area contributed by atoms with Crippen molar-refractivity contribution < 1.29 is 19.4 Å². The average Bonchev–Trinajstić information content (AvgIpc) is 2.52. The first-order chi connectivity index (χ1) is 7.31. The third-order valence-corrected chi connectivity index (χ3v) is 1.68. The molecule has 0 aromatic carbocycles. The van der Waals surface area contributed by atoms with Crippen LogP contribution in [-0.4, -0.2) is 32.6 Å². The number of imidazole rings is 1. The molecule has 1 unspecified atom stereocenters. The van der Waals surface area contributed by atoms with Crippen molar-refractivity contribution in [3.05, 3.63) is 18.2 Å². The average molecular weight is 226 g/mol. The minimum atomic E-state index is -1.41. The fourth-order valence-electron chi connectivity index (χ4n) is 1.13. The van der Waals surface area contributed by atoms with Gasteiger partial charge in [0.25, 0.3) is 0 Å². The number of hydrogen-bond donors (Lipinski definition) is 2. The van der Waals surface area contributed by atoms with Crippen molar-refractivity contribution in [2.24, 2.45) is 0 Å². The number of carboxylic acids is 1. The van der Waals surface area contributed by atoms with E-state index in [9.17, 15) is 9.59 Å². The van der Waals surface area contributed by atoms with E-state index in [0.717, 1.165) is 0 Å². The van der Waals surface area contributed by atoms with E-state index in [4.69, 9.17) is 9.84 Å². The number of hydrogen-bond acceptors (Lipinski definition) is 4. The highest BCUT2D eigenvalue weighted by atomic mass is 16.6. The molecule has 0 radical (unpaired) electrons. The van der Waals surface area contributed by atoms with E-state index in [0.29, 0.717) is 0 Å². The molecular formula is C10H14N2O4.